The topological polar surface area (TPSA) is 95.9 Å². The minimum absolute atomic E-state index is 0.0593. The van der Waals surface area contributed by atoms with E-state index in [9.17, 15) is 19.5 Å². The Labute approximate surface area is 207 Å². The third-order valence-electron chi connectivity index (χ3n) is 6.72. The molecule has 1 unspecified atom stereocenters. The lowest BCUT2D eigenvalue weighted by molar-refractivity contribution is -0.150. The molecule has 188 valence electrons. The molecule has 0 radical (unpaired) electrons. The molecule has 2 aromatic carbocycles. The molecule has 0 aliphatic heterocycles. The van der Waals surface area contributed by atoms with E-state index in [0.717, 1.165) is 22.3 Å². The number of carbonyl (C=O) groups excluding carboxylic acids is 2. The van der Waals surface area contributed by atoms with Crippen molar-refractivity contribution in [2.24, 2.45) is 11.3 Å². The Morgan fingerprint density at radius 3 is 2.06 bits per heavy atom. The molecule has 3 rings (SSSR count). The standard InChI is InChI=1S/C28H36N2O5/c1-6-15-30(16-24(31)32)26(33)28(4,5)25(18(2)3)29-27(34)35-17-23-21-13-9-7-11-19(21)20-12-8-10-14-22(20)23/h7-14,18,23,25H,6,15-17H2,1-5H3,(H,29,34)(H,31,32). The van der Waals surface area contributed by atoms with Crippen LogP contribution in [0.5, 0.6) is 0 Å². The first kappa shape index (κ1) is 26.3. The molecule has 1 aliphatic rings. The third kappa shape index (κ3) is 5.66. The highest BCUT2D eigenvalue weighted by Crippen LogP contribution is 2.44. The van der Waals surface area contributed by atoms with Gasteiger partial charge in [-0.25, -0.2) is 4.79 Å². The first-order valence-corrected chi connectivity index (χ1v) is 12.2. The molecule has 0 saturated carbocycles. The van der Waals surface area contributed by atoms with Crippen molar-refractivity contribution in [3.05, 3.63) is 59.7 Å². The van der Waals surface area contributed by atoms with Crippen LogP contribution in [-0.2, 0) is 14.3 Å². The molecule has 0 saturated heterocycles. The average Bonchev–Trinajstić information content (AvgIpc) is 3.13. The number of rotatable bonds is 10. The number of alkyl carbamates (subject to hydrolysis) is 1. The van der Waals surface area contributed by atoms with E-state index in [-0.39, 0.29) is 30.9 Å². The van der Waals surface area contributed by atoms with Crippen LogP contribution in [0.15, 0.2) is 48.5 Å². The molecule has 2 N–H and O–H groups in total. The van der Waals surface area contributed by atoms with Crippen molar-refractivity contribution in [3.8, 4) is 11.1 Å². The molecule has 0 heterocycles. The Bertz CT molecular complexity index is 1030. The fourth-order valence-electron chi connectivity index (χ4n) is 5.17. The molecule has 2 amide bonds. The van der Waals surface area contributed by atoms with Crippen LogP contribution in [0, 0.1) is 11.3 Å². The lowest BCUT2D eigenvalue weighted by atomic mass is 9.77. The Morgan fingerprint density at radius 1 is 1.03 bits per heavy atom. The Balaban J connectivity index is 1.73. The van der Waals surface area contributed by atoms with Crippen LogP contribution in [0.25, 0.3) is 11.1 Å². The van der Waals surface area contributed by atoms with Gasteiger partial charge in [-0.1, -0.05) is 69.3 Å². The van der Waals surface area contributed by atoms with Crippen LogP contribution < -0.4 is 5.32 Å². The van der Waals surface area contributed by atoms with Gasteiger partial charge in [-0.15, -0.1) is 0 Å². The van der Waals surface area contributed by atoms with E-state index in [0.29, 0.717) is 13.0 Å². The summed E-state index contributed by atoms with van der Waals surface area (Å²) in [7, 11) is 0. The zero-order chi connectivity index (χ0) is 25.8. The number of aliphatic carboxylic acids is 1. The first-order chi connectivity index (χ1) is 16.6. The molecule has 0 bridgehead atoms. The summed E-state index contributed by atoms with van der Waals surface area (Å²) >= 11 is 0. The van der Waals surface area contributed by atoms with E-state index >= 15 is 0 Å². The van der Waals surface area contributed by atoms with Gasteiger partial charge >= 0.3 is 12.1 Å². The van der Waals surface area contributed by atoms with E-state index in [1.807, 2.05) is 45.0 Å². The van der Waals surface area contributed by atoms with E-state index in [4.69, 9.17) is 4.74 Å². The molecule has 7 nitrogen and oxygen atoms in total. The number of fused-ring (bicyclic) bond motifs is 3. The lowest BCUT2D eigenvalue weighted by Gasteiger charge is -2.39. The van der Waals surface area contributed by atoms with Gasteiger partial charge < -0.3 is 20.1 Å². The van der Waals surface area contributed by atoms with E-state index in [1.54, 1.807) is 13.8 Å². The SMILES string of the molecule is CCCN(CC(=O)O)C(=O)C(C)(C)C(NC(=O)OCC1c2ccccc2-c2ccccc21)C(C)C. The number of hydrogen-bond donors (Lipinski definition) is 2. The predicted molar refractivity (Wildman–Crippen MR) is 135 cm³/mol. The van der Waals surface area contributed by atoms with Crippen molar-refractivity contribution in [1.29, 1.82) is 0 Å². The van der Waals surface area contributed by atoms with Crippen LogP contribution in [0.1, 0.15) is 58.1 Å². The predicted octanol–water partition coefficient (Wildman–Crippen LogP) is 4.90. The maximum Gasteiger partial charge on any atom is 0.407 e. The maximum absolute atomic E-state index is 13.3. The largest absolute Gasteiger partial charge is 0.480 e. The highest BCUT2D eigenvalue weighted by molar-refractivity contribution is 5.86. The summed E-state index contributed by atoms with van der Waals surface area (Å²) in [5.41, 5.74) is 3.53. The summed E-state index contributed by atoms with van der Waals surface area (Å²) in [6, 6.07) is 15.7. The maximum atomic E-state index is 13.3. The number of amides is 2. The number of carbonyl (C=O) groups is 3. The van der Waals surface area contributed by atoms with Crippen molar-refractivity contribution in [3.63, 3.8) is 0 Å². The van der Waals surface area contributed by atoms with Gasteiger partial charge in [0.05, 0.1) is 5.41 Å². The molecule has 0 aromatic heterocycles. The summed E-state index contributed by atoms with van der Waals surface area (Å²) in [5, 5.41) is 12.2. The van der Waals surface area contributed by atoms with E-state index in [1.165, 1.54) is 4.90 Å². The molecule has 1 atom stereocenters. The summed E-state index contributed by atoms with van der Waals surface area (Å²) in [4.78, 5) is 38.9. The molecule has 35 heavy (non-hydrogen) atoms. The average molecular weight is 481 g/mol. The van der Waals surface area contributed by atoms with Gasteiger partial charge in [0.1, 0.15) is 13.2 Å². The molecule has 2 aromatic rings. The number of ether oxygens (including phenoxy) is 1. The highest BCUT2D eigenvalue weighted by atomic mass is 16.5. The Hall–Kier alpha value is -3.35. The third-order valence-corrected chi connectivity index (χ3v) is 6.72. The van der Waals surface area contributed by atoms with Crippen molar-refractivity contribution >= 4 is 18.0 Å². The fraction of sp³-hybridized carbons (Fsp3) is 0.464. The van der Waals surface area contributed by atoms with Crippen LogP contribution in [0.4, 0.5) is 4.79 Å². The van der Waals surface area contributed by atoms with Crippen molar-refractivity contribution in [2.45, 2.75) is 53.0 Å². The monoisotopic (exact) mass is 480 g/mol. The molecule has 0 spiro atoms. The van der Waals surface area contributed by atoms with Gasteiger partial charge in [-0.2, -0.15) is 0 Å². The highest BCUT2D eigenvalue weighted by Gasteiger charge is 2.42. The number of nitrogens with one attached hydrogen (secondary N) is 1. The molecular formula is C28H36N2O5. The zero-order valence-electron chi connectivity index (χ0n) is 21.2. The Morgan fingerprint density at radius 2 is 1.57 bits per heavy atom. The second-order valence-electron chi connectivity index (χ2n) is 10.0. The second kappa shape index (κ2) is 10.9. The van der Waals surface area contributed by atoms with E-state index in [2.05, 4.69) is 29.6 Å². The molecule has 1 aliphatic carbocycles. The number of nitrogens with zero attached hydrogens (tertiary/aromatic N) is 1. The fourth-order valence-corrected chi connectivity index (χ4v) is 5.17. The van der Waals surface area contributed by atoms with Crippen LogP contribution in [0.3, 0.4) is 0 Å². The van der Waals surface area contributed by atoms with Crippen molar-refractivity contribution in [2.75, 3.05) is 19.7 Å². The quantitative estimate of drug-likeness (QED) is 0.504. The molecule has 0 fully saturated rings. The normalized spacial score (nSPS) is 13.7. The molecule has 7 heteroatoms. The minimum atomic E-state index is -1.06. The van der Waals surface area contributed by atoms with Crippen molar-refractivity contribution in [1.82, 2.24) is 10.2 Å². The summed E-state index contributed by atoms with van der Waals surface area (Å²) in [6.45, 7) is 9.37. The summed E-state index contributed by atoms with van der Waals surface area (Å²) in [5.74, 6) is -1.51. The first-order valence-electron chi connectivity index (χ1n) is 12.2. The lowest BCUT2D eigenvalue weighted by Crippen LogP contribution is -2.56. The smallest absolute Gasteiger partial charge is 0.407 e. The van der Waals surface area contributed by atoms with Gasteiger partial charge in [0.2, 0.25) is 5.91 Å². The van der Waals surface area contributed by atoms with Crippen LogP contribution in [-0.4, -0.2) is 53.7 Å². The number of carboxylic acid groups (broad SMARTS) is 1. The zero-order valence-corrected chi connectivity index (χ0v) is 21.2. The van der Waals surface area contributed by atoms with Gasteiger partial charge in [-0.3, -0.25) is 9.59 Å². The summed E-state index contributed by atoms with van der Waals surface area (Å²) in [6.07, 6.45) is 0.0491. The number of benzene rings is 2. The van der Waals surface area contributed by atoms with Crippen LogP contribution in [0.2, 0.25) is 0 Å². The summed E-state index contributed by atoms with van der Waals surface area (Å²) < 4.78 is 5.70. The number of hydrogen-bond acceptors (Lipinski definition) is 4. The Kier molecular flexibility index (Phi) is 8.20. The van der Waals surface area contributed by atoms with Crippen molar-refractivity contribution < 1.29 is 24.2 Å². The van der Waals surface area contributed by atoms with Gasteiger partial charge in [0, 0.05) is 18.5 Å². The minimum Gasteiger partial charge on any atom is -0.480 e. The molecular weight excluding hydrogens is 444 g/mol. The van der Waals surface area contributed by atoms with Gasteiger partial charge in [0.15, 0.2) is 0 Å². The van der Waals surface area contributed by atoms with Gasteiger partial charge in [-0.05, 0) is 48.4 Å². The van der Waals surface area contributed by atoms with Crippen LogP contribution >= 0.6 is 0 Å². The van der Waals surface area contributed by atoms with E-state index < -0.39 is 23.5 Å². The number of carboxylic acids is 1. The van der Waals surface area contributed by atoms with Gasteiger partial charge in [0.25, 0.3) is 0 Å². The second-order valence-corrected chi connectivity index (χ2v) is 10.0.